The molecule has 0 heterocycles. The molecule has 2 aliphatic rings. The Morgan fingerprint density at radius 1 is 1.19 bits per heavy atom. The highest BCUT2D eigenvalue weighted by Crippen LogP contribution is 2.51. The lowest BCUT2D eigenvalue weighted by molar-refractivity contribution is -0.132. The van der Waals surface area contributed by atoms with Gasteiger partial charge < -0.3 is 26.2 Å². The standard InChI is InChI=1S/C22H21ClN2O7/c1-7-8-6-9-16(25(2)3)18(28)15(21(24)31)20(30)22(9,32)19(29)13(8)17(27)14-11(26)5-4-10(23)12(7)14/h4-5,9,16,26-27,30,32H,6H2,1-3H3,(H2,24,31)/t9-,16+,22-/m1/s1. The van der Waals surface area contributed by atoms with Crippen LogP contribution < -0.4 is 5.73 Å². The monoisotopic (exact) mass is 460 g/mol. The number of benzene rings is 2. The minimum atomic E-state index is -2.69. The fourth-order valence-corrected chi connectivity index (χ4v) is 5.40. The molecule has 0 aromatic heterocycles. The van der Waals surface area contributed by atoms with Crippen molar-refractivity contribution in [3.05, 3.63) is 45.2 Å². The number of amides is 1. The molecule has 0 saturated carbocycles. The Morgan fingerprint density at radius 2 is 1.81 bits per heavy atom. The van der Waals surface area contributed by atoms with Crippen molar-refractivity contribution >= 4 is 39.8 Å². The summed E-state index contributed by atoms with van der Waals surface area (Å²) in [6.07, 6.45) is -0.108. The van der Waals surface area contributed by atoms with Crippen molar-refractivity contribution in [2.75, 3.05) is 14.1 Å². The molecule has 0 unspecified atom stereocenters. The summed E-state index contributed by atoms with van der Waals surface area (Å²) in [5, 5.41) is 44.0. The quantitative estimate of drug-likeness (QED) is 0.416. The number of hydrogen-bond acceptors (Lipinski definition) is 8. The van der Waals surface area contributed by atoms with Crippen LogP contribution in [0.25, 0.3) is 10.8 Å². The van der Waals surface area contributed by atoms with Crippen LogP contribution in [0, 0.1) is 12.8 Å². The zero-order valence-corrected chi connectivity index (χ0v) is 18.2. The SMILES string of the molecule is Cc1c2c(c(O)c3c(O)ccc(Cl)c13)C(=O)[C@@]1(O)C(O)=C(C(N)=O)C(=O)[C@@H](N(C)C)[C@H]1C2. The third-order valence-corrected chi connectivity index (χ3v) is 6.88. The summed E-state index contributed by atoms with van der Waals surface area (Å²) in [5.41, 5.74) is 2.19. The number of carbonyl (C=O) groups is 3. The van der Waals surface area contributed by atoms with E-state index < -0.39 is 52.1 Å². The summed E-state index contributed by atoms with van der Waals surface area (Å²) < 4.78 is 0. The number of phenolic OH excluding ortho intramolecular Hbond substituents is 2. The van der Waals surface area contributed by atoms with E-state index in [2.05, 4.69) is 0 Å². The van der Waals surface area contributed by atoms with Crippen molar-refractivity contribution in [1.29, 1.82) is 0 Å². The second-order valence-electron chi connectivity index (χ2n) is 8.41. The van der Waals surface area contributed by atoms with Crippen LogP contribution in [0.2, 0.25) is 5.02 Å². The van der Waals surface area contributed by atoms with Gasteiger partial charge in [0.1, 0.15) is 22.8 Å². The molecule has 0 bridgehead atoms. The molecule has 0 aliphatic heterocycles. The third kappa shape index (κ3) is 2.55. The van der Waals surface area contributed by atoms with Crippen molar-refractivity contribution in [3.8, 4) is 11.5 Å². The first-order valence-corrected chi connectivity index (χ1v) is 10.1. The number of nitrogens with two attached hydrogens (primary N) is 1. The Morgan fingerprint density at radius 3 is 2.38 bits per heavy atom. The number of phenols is 2. The van der Waals surface area contributed by atoms with Gasteiger partial charge in [-0.3, -0.25) is 19.3 Å². The van der Waals surface area contributed by atoms with Crippen LogP contribution in [0.3, 0.4) is 0 Å². The number of halogens is 1. The number of carbonyl (C=O) groups excluding carboxylic acids is 3. The van der Waals surface area contributed by atoms with Gasteiger partial charge in [-0.15, -0.1) is 0 Å². The van der Waals surface area contributed by atoms with Crippen LogP contribution in [-0.2, 0) is 16.0 Å². The van der Waals surface area contributed by atoms with Crippen LogP contribution in [-0.4, -0.2) is 68.5 Å². The van der Waals surface area contributed by atoms with E-state index in [9.17, 15) is 34.8 Å². The van der Waals surface area contributed by atoms with Gasteiger partial charge in [0.25, 0.3) is 5.91 Å². The van der Waals surface area contributed by atoms with Gasteiger partial charge in [0, 0.05) is 16.3 Å². The van der Waals surface area contributed by atoms with Crippen molar-refractivity contribution in [3.63, 3.8) is 0 Å². The molecule has 1 amide bonds. The highest BCUT2D eigenvalue weighted by atomic mass is 35.5. The number of nitrogens with zero attached hydrogens (tertiary/aromatic N) is 1. The number of Topliss-reactive ketones (excluding diaryl/α,β-unsaturated/α-hetero) is 2. The molecule has 168 valence electrons. The van der Waals surface area contributed by atoms with Crippen LogP contribution >= 0.6 is 11.6 Å². The second-order valence-corrected chi connectivity index (χ2v) is 8.82. The smallest absolute Gasteiger partial charge is 0.255 e. The normalized spacial score (nSPS) is 25.3. The number of ketones is 2. The molecule has 3 atom stereocenters. The molecule has 0 spiro atoms. The number of likely N-dealkylation sites (N-methyl/N-ethyl adjacent to an activating group) is 1. The predicted molar refractivity (Wildman–Crippen MR) is 115 cm³/mol. The number of aryl methyl sites for hydroxylation is 1. The summed E-state index contributed by atoms with van der Waals surface area (Å²) in [5.74, 6) is -6.49. The number of fused-ring (bicyclic) bond motifs is 3. The van der Waals surface area contributed by atoms with Crippen LogP contribution in [0.15, 0.2) is 23.5 Å². The fraction of sp³-hybridized carbons (Fsp3) is 0.318. The summed E-state index contributed by atoms with van der Waals surface area (Å²) in [4.78, 5) is 40.0. The highest BCUT2D eigenvalue weighted by Gasteiger charge is 2.62. The topological polar surface area (TPSA) is 161 Å². The molecule has 32 heavy (non-hydrogen) atoms. The summed E-state index contributed by atoms with van der Waals surface area (Å²) in [7, 11) is 3.06. The molecule has 2 aliphatic carbocycles. The Bertz CT molecular complexity index is 1280. The average Bonchev–Trinajstić information content (AvgIpc) is 2.69. The number of aromatic hydroxyl groups is 2. The molecule has 0 radical (unpaired) electrons. The summed E-state index contributed by atoms with van der Waals surface area (Å²) >= 11 is 6.31. The van der Waals surface area contributed by atoms with E-state index in [0.29, 0.717) is 16.5 Å². The van der Waals surface area contributed by atoms with Gasteiger partial charge in [0.05, 0.1) is 17.0 Å². The fourth-order valence-electron chi connectivity index (χ4n) is 5.10. The number of hydrogen-bond donors (Lipinski definition) is 5. The molecule has 2 aromatic carbocycles. The zero-order valence-electron chi connectivity index (χ0n) is 17.4. The Balaban J connectivity index is 2.13. The maximum atomic E-state index is 13.6. The minimum absolute atomic E-state index is 0.0845. The first kappa shape index (κ1) is 22.1. The largest absolute Gasteiger partial charge is 0.508 e. The van der Waals surface area contributed by atoms with Crippen LogP contribution in [0.1, 0.15) is 21.5 Å². The van der Waals surface area contributed by atoms with Crippen molar-refractivity contribution < 1.29 is 34.8 Å². The zero-order chi connectivity index (χ0) is 23.9. The molecular formula is C22H21ClN2O7. The Kier molecular flexibility index (Phi) is 4.78. The Labute approximate surface area is 187 Å². The molecule has 0 saturated heterocycles. The number of primary amides is 1. The van der Waals surface area contributed by atoms with E-state index in [4.69, 9.17) is 17.3 Å². The van der Waals surface area contributed by atoms with Gasteiger partial charge in [-0.05, 0) is 50.7 Å². The lowest BCUT2D eigenvalue weighted by Crippen LogP contribution is -2.64. The van der Waals surface area contributed by atoms with Crippen LogP contribution in [0.4, 0.5) is 0 Å². The molecule has 6 N–H and O–H groups in total. The first-order chi connectivity index (χ1) is 14.8. The second kappa shape index (κ2) is 6.93. The average molecular weight is 461 g/mol. The van der Waals surface area contributed by atoms with E-state index in [-0.39, 0.29) is 28.1 Å². The van der Waals surface area contributed by atoms with E-state index in [0.717, 1.165) is 0 Å². The predicted octanol–water partition coefficient (Wildman–Crippen LogP) is 1.11. The molecule has 9 nitrogen and oxygen atoms in total. The molecule has 0 fully saturated rings. The first-order valence-electron chi connectivity index (χ1n) is 9.72. The van der Waals surface area contributed by atoms with E-state index in [1.54, 1.807) is 6.92 Å². The maximum Gasteiger partial charge on any atom is 0.255 e. The van der Waals surface area contributed by atoms with Crippen molar-refractivity contribution in [1.82, 2.24) is 4.90 Å². The molecule has 2 aromatic rings. The van der Waals surface area contributed by atoms with E-state index >= 15 is 0 Å². The van der Waals surface area contributed by atoms with Crippen molar-refractivity contribution in [2.24, 2.45) is 11.7 Å². The van der Waals surface area contributed by atoms with Gasteiger partial charge in [0.15, 0.2) is 11.4 Å². The van der Waals surface area contributed by atoms with Crippen LogP contribution in [0.5, 0.6) is 11.5 Å². The summed E-state index contributed by atoms with van der Waals surface area (Å²) in [6.45, 7) is 1.64. The molecule has 4 rings (SSSR count). The molecular weight excluding hydrogens is 440 g/mol. The third-order valence-electron chi connectivity index (χ3n) is 6.57. The number of rotatable bonds is 2. The highest BCUT2D eigenvalue weighted by molar-refractivity contribution is 6.37. The minimum Gasteiger partial charge on any atom is -0.508 e. The number of aliphatic hydroxyl groups is 2. The van der Waals surface area contributed by atoms with Gasteiger partial charge in [-0.2, -0.15) is 0 Å². The van der Waals surface area contributed by atoms with Gasteiger partial charge in [-0.25, -0.2) is 0 Å². The number of aliphatic hydroxyl groups excluding tert-OH is 1. The Hall–Kier alpha value is -3.14. The van der Waals surface area contributed by atoms with E-state index in [1.165, 1.54) is 31.1 Å². The van der Waals surface area contributed by atoms with Gasteiger partial charge in [0.2, 0.25) is 5.78 Å². The van der Waals surface area contributed by atoms with Crippen molar-refractivity contribution in [2.45, 2.75) is 25.0 Å². The van der Waals surface area contributed by atoms with E-state index in [1.807, 2.05) is 0 Å². The maximum absolute atomic E-state index is 13.6. The van der Waals surface area contributed by atoms with Gasteiger partial charge in [-0.1, -0.05) is 11.6 Å². The lowest BCUT2D eigenvalue weighted by atomic mass is 9.61. The van der Waals surface area contributed by atoms with Gasteiger partial charge >= 0.3 is 0 Å². The summed E-state index contributed by atoms with van der Waals surface area (Å²) in [6, 6.07) is 1.54. The lowest BCUT2D eigenvalue weighted by Gasteiger charge is -2.47. The molecule has 10 heteroatoms.